The van der Waals surface area contributed by atoms with Crippen molar-refractivity contribution in [1.82, 2.24) is 14.9 Å². The Morgan fingerprint density at radius 2 is 2.00 bits per heavy atom. The van der Waals surface area contributed by atoms with Crippen LogP contribution in [-0.2, 0) is 27.8 Å². The van der Waals surface area contributed by atoms with Crippen LogP contribution in [0.3, 0.4) is 0 Å². The predicted octanol–water partition coefficient (Wildman–Crippen LogP) is 1.80. The number of hydrogen-bond donors (Lipinski definition) is 2. The van der Waals surface area contributed by atoms with Gasteiger partial charge in [0.25, 0.3) is 0 Å². The Labute approximate surface area is 186 Å². The zero-order chi connectivity index (χ0) is 22.1. The van der Waals surface area contributed by atoms with Gasteiger partial charge in [-0.3, -0.25) is 9.59 Å². The van der Waals surface area contributed by atoms with Crippen molar-refractivity contribution >= 4 is 51.8 Å². The fraction of sp³-hybridized carbons (Fsp3) is 0.550. The normalized spacial score (nSPS) is 12.0. The van der Waals surface area contributed by atoms with E-state index in [2.05, 4.69) is 10.2 Å². The number of benzene rings is 1. The van der Waals surface area contributed by atoms with E-state index in [4.69, 9.17) is 38.7 Å². The van der Waals surface area contributed by atoms with Crippen molar-refractivity contribution in [1.29, 1.82) is 0 Å². The Balaban J connectivity index is 2.03. The van der Waals surface area contributed by atoms with Crippen molar-refractivity contribution in [2.45, 2.75) is 25.8 Å². The van der Waals surface area contributed by atoms with E-state index in [9.17, 15) is 9.59 Å². The van der Waals surface area contributed by atoms with Crippen LogP contribution >= 0.6 is 23.2 Å². The number of aromatic nitrogens is 2. The third-order valence-corrected chi connectivity index (χ3v) is 5.10. The Morgan fingerprint density at radius 3 is 2.63 bits per heavy atom. The molecule has 8 nitrogen and oxygen atoms in total. The number of anilines is 1. The number of fused-ring (bicyclic) bond motifs is 1. The van der Waals surface area contributed by atoms with Crippen molar-refractivity contribution in [3.63, 3.8) is 0 Å². The van der Waals surface area contributed by atoms with Crippen LogP contribution in [0.5, 0.6) is 0 Å². The summed E-state index contributed by atoms with van der Waals surface area (Å²) < 4.78 is 6.78. The summed E-state index contributed by atoms with van der Waals surface area (Å²) in [6.07, 6.45) is 0.935. The molecule has 3 N–H and O–H groups in total. The van der Waals surface area contributed by atoms with E-state index in [1.54, 1.807) is 6.92 Å². The number of amides is 1. The van der Waals surface area contributed by atoms with Crippen molar-refractivity contribution in [3.8, 4) is 0 Å². The second-order valence-corrected chi connectivity index (χ2v) is 7.55. The van der Waals surface area contributed by atoms with Crippen LogP contribution in [0.2, 0.25) is 0 Å². The first-order valence-electron chi connectivity index (χ1n) is 9.92. The molecule has 166 valence electrons. The average molecular weight is 458 g/mol. The van der Waals surface area contributed by atoms with E-state index in [1.807, 2.05) is 29.8 Å². The Kier molecular flexibility index (Phi) is 9.68. The molecule has 0 fully saturated rings. The molecular formula is C20H29Cl2N5O3. The molecule has 2 aromatic rings. The maximum absolute atomic E-state index is 12.1. The first kappa shape index (κ1) is 24.2. The number of rotatable bonds is 12. The summed E-state index contributed by atoms with van der Waals surface area (Å²) in [5, 5.41) is 2.50. The monoisotopic (exact) mass is 457 g/mol. The molecule has 0 radical (unpaired) electrons. The van der Waals surface area contributed by atoms with Gasteiger partial charge in [-0.15, -0.1) is 23.2 Å². The molecule has 0 saturated carbocycles. The molecule has 0 spiro atoms. The average Bonchev–Trinajstić information content (AvgIpc) is 3.05. The Hall–Kier alpha value is -2.03. The topological polar surface area (TPSA) is 102 Å². The molecule has 0 aliphatic carbocycles. The maximum atomic E-state index is 12.1. The first-order chi connectivity index (χ1) is 14.4. The lowest BCUT2D eigenvalue weighted by Gasteiger charge is -2.22. The number of carbonyl (C=O) groups excluding carboxylic acids is 2. The van der Waals surface area contributed by atoms with Gasteiger partial charge in [0.15, 0.2) is 0 Å². The molecule has 1 atom stereocenters. The van der Waals surface area contributed by atoms with Crippen LogP contribution in [0.25, 0.3) is 11.0 Å². The van der Waals surface area contributed by atoms with Crippen molar-refractivity contribution < 1.29 is 14.3 Å². The standard InChI is InChI=1S/C20H29Cl2N5O3/c1-3-30-19(28)13-24-20(29)15(23)5-7-18-25-16-12-14(4-6-17(16)26(18)2)27(10-8-21)11-9-22/h4,6,12,15H,3,5,7-11,13,23H2,1-2H3,(H,24,29). The van der Waals surface area contributed by atoms with E-state index in [0.29, 0.717) is 37.7 Å². The number of esters is 1. The highest BCUT2D eigenvalue weighted by atomic mass is 35.5. The number of imidazole rings is 1. The molecule has 1 aromatic heterocycles. The molecule has 10 heteroatoms. The lowest BCUT2D eigenvalue weighted by Crippen LogP contribution is -2.43. The number of nitrogens with zero attached hydrogens (tertiary/aromatic N) is 3. The van der Waals surface area contributed by atoms with Crippen LogP contribution in [-0.4, -0.2) is 65.5 Å². The molecule has 0 bridgehead atoms. The molecule has 1 amide bonds. The molecule has 1 heterocycles. The lowest BCUT2D eigenvalue weighted by atomic mass is 10.1. The quantitative estimate of drug-likeness (QED) is 0.372. The van der Waals surface area contributed by atoms with Gasteiger partial charge in [-0.05, 0) is 31.5 Å². The Bertz CT molecular complexity index is 852. The van der Waals surface area contributed by atoms with Gasteiger partial charge in [0, 0.05) is 44.0 Å². The first-order valence-corrected chi connectivity index (χ1v) is 11.0. The number of nitrogens with two attached hydrogens (primary N) is 1. The van der Waals surface area contributed by atoms with Crippen molar-refractivity contribution in [3.05, 3.63) is 24.0 Å². The van der Waals surface area contributed by atoms with Crippen LogP contribution < -0.4 is 16.0 Å². The molecule has 1 aromatic carbocycles. The molecule has 2 rings (SSSR count). The van der Waals surface area contributed by atoms with Crippen LogP contribution in [0.1, 0.15) is 19.2 Å². The maximum Gasteiger partial charge on any atom is 0.325 e. The summed E-state index contributed by atoms with van der Waals surface area (Å²) in [5.74, 6) is 0.984. The summed E-state index contributed by atoms with van der Waals surface area (Å²) in [5.41, 5.74) is 8.84. The minimum Gasteiger partial charge on any atom is -0.465 e. The smallest absolute Gasteiger partial charge is 0.325 e. The molecule has 0 saturated heterocycles. The zero-order valence-corrected chi connectivity index (χ0v) is 18.9. The number of nitrogens with one attached hydrogen (secondary N) is 1. The third-order valence-electron chi connectivity index (χ3n) is 4.76. The molecule has 1 unspecified atom stereocenters. The van der Waals surface area contributed by atoms with Crippen molar-refractivity contribution in [2.24, 2.45) is 12.8 Å². The number of carbonyl (C=O) groups is 2. The van der Waals surface area contributed by atoms with Gasteiger partial charge in [0.05, 0.1) is 23.7 Å². The number of ether oxygens (including phenoxy) is 1. The van der Waals surface area contributed by atoms with E-state index in [1.165, 1.54) is 0 Å². The van der Waals surface area contributed by atoms with Gasteiger partial charge in [-0.25, -0.2) is 4.98 Å². The number of halogens is 2. The highest BCUT2D eigenvalue weighted by Crippen LogP contribution is 2.23. The van der Waals surface area contributed by atoms with E-state index in [0.717, 1.165) is 22.5 Å². The van der Waals surface area contributed by atoms with E-state index >= 15 is 0 Å². The molecule has 30 heavy (non-hydrogen) atoms. The zero-order valence-electron chi connectivity index (χ0n) is 17.4. The molecule has 0 aliphatic rings. The van der Waals surface area contributed by atoms with Crippen LogP contribution in [0.4, 0.5) is 5.69 Å². The predicted molar refractivity (Wildman–Crippen MR) is 120 cm³/mol. The Morgan fingerprint density at radius 1 is 1.30 bits per heavy atom. The fourth-order valence-electron chi connectivity index (χ4n) is 3.15. The number of alkyl halides is 2. The second kappa shape index (κ2) is 12.0. The molecule has 0 aliphatic heterocycles. The minimum atomic E-state index is -0.738. The van der Waals surface area contributed by atoms with Gasteiger partial charge >= 0.3 is 5.97 Å². The van der Waals surface area contributed by atoms with Crippen molar-refractivity contribution in [2.75, 3.05) is 42.9 Å². The summed E-state index contributed by atoms with van der Waals surface area (Å²) in [7, 11) is 1.94. The largest absolute Gasteiger partial charge is 0.465 e. The molecular weight excluding hydrogens is 429 g/mol. The van der Waals surface area contributed by atoms with E-state index in [-0.39, 0.29) is 19.1 Å². The van der Waals surface area contributed by atoms with Gasteiger partial charge in [0.2, 0.25) is 5.91 Å². The third kappa shape index (κ3) is 6.48. The van der Waals surface area contributed by atoms with Gasteiger partial charge < -0.3 is 25.3 Å². The fourth-order valence-corrected chi connectivity index (χ4v) is 3.56. The minimum absolute atomic E-state index is 0.184. The van der Waals surface area contributed by atoms with Gasteiger partial charge in [-0.2, -0.15) is 0 Å². The summed E-state index contributed by atoms with van der Waals surface area (Å²) in [6.45, 7) is 3.20. The number of hydrogen-bond acceptors (Lipinski definition) is 6. The summed E-state index contributed by atoms with van der Waals surface area (Å²) in [6, 6.07) is 5.33. The lowest BCUT2D eigenvalue weighted by molar-refractivity contribution is -0.143. The van der Waals surface area contributed by atoms with Crippen LogP contribution in [0, 0.1) is 0 Å². The SMILES string of the molecule is CCOC(=O)CNC(=O)C(N)CCc1nc2cc(N(CCCl)CCCl)ccc2n1C. The number of aryl methyl sites for hydroxylation is 2. The second-order valence-electron chi connectivity index (χ2n) is 6.79. The summed E-state index contributed by atoms with van der Waals surface area (Å²) in [4.78, 5) is 30.3. The van der Waals surface area contributed by atoms with E-state index < -0.39 is 12.0 Å². The van der Waals surface area contributed by atoms with Gasteiger partial charge in [0.1, 0.15) is 12.4 Å². The highest BCUT2D eigenvalue weighted by molar-refractivity contribution is 6.18. The van der Waals surface area contributed by atoms with Crippen LogP contribution in [0.15, 0.2) is 18.2 Å². The summed E-state index contributed by atoms with van der Waals surface area (Å²) >= 11 is 11.8. The van der Waals surface area contributed by atoms with Gasteiger partial charge in [-0.1, -0.05) is 0 Å². The highest BCUT2D eigenvalue weighted by Gasteiger charge is 2.17.